The van der Waals surface area contributed by atoms with E-state index in [0.29, 0.717) is 23.6 Å². The molecule has 2 aromatic rings. The van der Waals surface area contributed by atoms with Crippen molar-refractivity contribution in [2.24, 2.45) is 0 Å². The van der Waals surface area contributed by atoms with Crippen LogP contribution in [0.15, 0.2) is 72.8 Å². The lowest BCUT2D eigenvalue weighted by molar-refractivity contribution is -0.117. The van der Waals surface area contributed by atoms with Crippen molar-refractivity contribution < 1.29 is 14.3 Å². The van der Waals surface area contributed by atoms with Gasteiger partial charge in [-0.05, 0) is 35.9 Å². The third kappa shape index (κ3) is 3.20. The average molecular weight is 320 g/mol. The van der Waals surface area contributed by atoms with Crippen molar-refractivity contribution >= 4 is 23.6 Å². The average Bonchev–Trinajstić information content (AvgIpc) is 2.89. The third-order valence-electron chi connectivity index (χ3n) is 3.44. The van der Waals surface area contributed by atoms with Gasteiger partial charge in [0, 0.05) is 0 Å². The Morgan fingerprint density at radius 1 is 1.08 bits per heavy atom. The zero-order valence-corrected chi connectivity index (χ0v) is 12.9. The molecule has 0 unspecified atom stereocenters. The van der Waals surface area contributed by atoms with Crippen molar-refractivity contribution in [1.29, 1.82) is 0 Å². The zero-order chi connectivity index (χ0) is 16.9. The van der Waals surface area contributed by atoms with Crippen molar-refractivity contribution in [2.45, 2.75) is 0 Å². The Bertz CT molecular complexity index is 812. The topological polar surface area (TPSA) is 58.6 Å². The molecule has 5 heteroatoms. The summed E-state index contributed by atoms with van der Waals surface area (Å²) in [5.41, 5.74) is 3.98. The summed E-state index contributed by atoms with van der Waals surface area (Å²) in [4.78, 5) is 24.7. The van der Waals surface area contributed by atoms with Crippen LogP contribution in [-0.2, 0) is 9.59 Å². The van der Waals surface area contributed by atoms with Crippen LogP contribution in [0.4, 0.5) is 5.69 Å². The Morgan fingerprint density at radius 3 is 2.62 bits per heavy atom. The van der Waals surface area contributed by atoms with E-state index in [1.54, 1.807) is 60.7 Å². The Balaban J connectivity index is 1.86. The molecule has 3 rings (SSSR count). The van der Waals surface area contributed by atoms with Gasteiger partial charge in [-0.1, -0.05) is 43.0 Å². The van der Waals surface area contributed by atoms with Crippen LogP contribution in [0, 0.1) is 0 Å². The number of anilines is 1. The molecule has 1 N–H and O–H groups in total. The van der Waals surface area contributed by atoms with E-state index in [0.717, 1.165) is 0 Å². The Hall–Kier alpha value is -3.34. The van der Waals surface area contributed by atoms with Gasteiger partial charge in [-0.25, -0.2) is 5.01 Å². The fourth-order valence-electron chi connectivity index (χ4n) is 2.33. The van der Waals surface area contributed by atoms with Crippen molar-refractivity contribution in [3.63, 3.8) is 0 Å². The van der Waals surface area contributed by atoms with Crippen molar-refractivity contribution in [3.05, 3.63) is 78.4 Å². The number of para-hydroxylation sites is 1. The minimum absolute atomic E-state index is 0.0831. The fourth-order valence-corrected chi connectivity index (χ4v) is 2.33. The van der Waals surface area contributed by atoms with E-state index in [9.17, 15) is 9.59 Å². The number of hydrazine groups is 1. The molecule has 24 heavy (non-hydrogen) atoms. The van der Waals surface area contributed by atoms with E-state index in [1.165, 1.54) is 5.01 Å². The summed E-state index contributed by atoms with van der Waals surface area (Å²) in [5, 5.41) is 1.24. The van der Waals surface area contributed by atoms with E-state index < -0.39 is 5.91 Å². The smallest absolute Gasteiger partial charge is 0.282 e. The maximum Gasteiger partial charge on any atom is 0.282 e. The summed E-state index contributed by atoms with van der Waals surface area (Å²) in [6.45, 7) is 3.99. The van der Waals surface area contributed by atoms with Crippen LogP contribution in [0.1, 0.15) is 5.56 Å². The standard InChI is InChI=1S/C19H16N2O3/c1-2-11-24-16-10-6-7-14(12-16)13-17-18(22)20-21(19(17)23)15-8-4-3-5-9-15/h2-10,12-13H,1,11H2,(H,20,22). The molecule has 0 atom stereocenters. The molecule has 0 bridgehead atoms. The van der Waals surface area contributed by atoms with Gasteiger partial charge < -0.3 is 4.74 Å². The van der Waals surface area contributed by atoms with Crippen LogP contribution >= 0.6 is 0 Å². The first-order valence-corrected chi connectivity index (χ1v) is 7.45. The van der Waals surface area contributed by atoms with E-state index in [4.69, 9.17) is 4.74 Å². The molecule has 1 aliphatic heterocycles. The third-order valence-corrected chi connectivity index (χ3v) is 3.44. The van der Waals surface area contributed by atoms with Crippen LogP contribution < -0.4 is 15.2 Å². The maximum atomic E-state index is 12.5. The molecular formula is C19H16N2O3. The highest BCUT2D eigenvalue weighted by atomic mass is 16.5. The van der Waals surface area contributed by atoms with Crippen molar-refractivity contribution in [1.82, 2.24) is 5.43 Å². The molecule has 1 saturated heterocycles. The number of nitrogens with zero attached hydrogens (tertiary/aromatic N) is 1. The Kier molecular flexibility index (Phi) is 4.43. The van der Waals surface area contributed by atoms with Crippen LogP contribution in [0.5, 0.6) is 5.75 Å². The van der Waals surface area contributed by atoms with E-state index in [2.05, 4.69) is 12.0 Å². The number of benzene rings is 2. The lowest BCUT2D eigenvalue weighted by Gasteiger charge is -2.13. The minimum Gasteiger partial charge on any atom is -0.490 e. The maximum absolute atomic E-state index is 12.5. The van der Waals surface area contributed by atoms with E-state index >= 15 is 0 Å². The number of nitrogens with one attached hydrogen (secondary N) is 1. The Labute approximate surface area is 139 Å². The van der Waals surface area contributed by atoms with E-state index in [1.807, 2.05) is 6.07 Å². The number of carbonyl (C=O) groups excluding carboxylic acids is 2. The lowest BCUT2D eigenvalue weighted by Crippen LogP contribution is -2.35. The monoisotopic (exact) mass is 320 g/mol. The first-order valence-electron chi connectivity index (χ1n) is 7.45. The quantitative estimate of drug-likeness (QED) is 0.523. The first kappa shape index (κ1) is 15.6. The second kappa shape index (κ2) is 6.83. The van der Waals surface area contributed by atoms with E-state index in [-0.39, 0.29) is 11.5 Å². The second-order valence-electron chi connectivity index (χ2n) is 5.15. The molecule has 2 amide bonds. The summed E-state index contributed by atoms with van der Waals surface area (Å²) in [7, 11) is 0. The summed E-state index contributed by atoms with van der Waals surface area (Å²) in [6, 6.07) is 16.1. The van der Waals surface area contributed by atoms with Gasteiger partial charge in [0.2, 0.25) is 0 Å². The normalized spacial score (nSPS) is 15.5. The van der Waals surface area contributed by atoms with Gasteiger partial charge in [-0.2, -0.15) is 0 Å². The van der Waals surface area contributed by atoms with Gasteiger partial charge in [-0.3, -0.25) is 15.0 Å². The van der Waals surface area contributed by atoms with Crippen LogP contribution in [0.25, 0.3) is 6.08 Å². The fraction of sp³-hybridized carbons (Fsp3) is 0.0526. The number of carbonyl (C=O) groups is 2. The van der Waals surface area contributed by atoms with Gasteiger partial charge in [0.1, 0.15) is 17.9 Å². The molecule has 0 radical (unpaired) electrons. The highest BCUT2D eigenvalue weighted by Gasteiger charge is 2.34. The number of amides is 2. The molecule has 0 saturated carbocycles. The number of hydrogen-bond donors (Lipinski definition) is 1. The predicted octanol–water partition coefficient (Wildman–Crippen LogP) is 2.71. The van der Waals surface area contributed by atoms with Gasteiger partial charge >= 0.3 is 0 Å². The molecule has 2 aromatic carbocycles. The number of rotatable bonds is 5. The summed E-state index contributed by atoms with van der Waals surface area (Å²) >= 11 is 0. The number of ether oxygens (including phenoxy) is 1. The summed E-state index contributed by atoms with van der Waals surface area (Å²) < 4.78 is 5.46. The lowest BCUT2D eigenvalue weighted by atomic mass is 10.1. The van der Waals surface area contributed by atoms with Crippen LogP contribution in [0.2, 0.25) is 0 Å². The first-order chi connectivity index (χ1) is 11.7. The molecule has 0 aromatic heterocycles. The summed E-state index contributed by atoms with van der Waals surface area (Å²) in [5.74, 6) is -0.167. The molecule has 1 aliphatic rings. The summed E-state index contributed by atoms with van der Waals surface area (Å²) in [6.07, 6.45) is 3.21. The van der Waals surface area contributed by atoms with Gasteiger partial charge in [0.15, 0.2) is 0 Å². The SMILES string of the molecule is C=CCOc1cccc(C=C2C(=O)NN(c3ccccc3)C2=O)c1. The van der Waals surface area contributed by atoms with Gasteiger partial charge in [0.05, 0.1) is 5.69 Å². The highest BCUT2D eigenvalue weighted by Crippen LogP contribution is 2.22. The van der Waals surface area contributed by atoms with Crippen LogP contribution in [0.3, 0.4) is 0 Å². The predicted molar refractivity (Wildman–Crippen MR) is 92.2 cm³/mol. The molecule has 1 heterocycles. The Morgan fingerprint density at radius 2 is 1.88 bits per heavy atom. The largest absolute Gasteiger partial charge is 0.490 e. The molecule has 120 valence electrons. The van der Waals surface area contributed by atoms with Crippen molar-refractivity contribution in [2.75, 3.05) is 11.6 Å². The number of hydrogen-bond acceptors (Lipinski definition) is 3. The molecule has 1 fully saturated rings. The minimum atomic E-state index is -0.429. The second-order valence-corrected chi connectivity index (χ2v) is 5.15. The zero-order valence-electron chi connectivity index (χ0n) is 12.9. The molecular weight excluding hydrogens is 304 g/mol. The molecule has 0 spiro atoms. The van der Waals surface area contributed by atoms with Gasteiger partial charge in [-0.15, -0.1) is 0 Å². The van der Waals surface area contributed by atoms with Crippen molar-refractivity contribution in [3.8, 4) is 5.75 Å². The van der Waals surface area contributed by atoms with Gasteiger partial charge in [0.25, 0.3) is 11.8 Å². The highest BCUT2D eigenvalue weighted by molar-refractivity contribution is 6.31. The van der Waals surface area contributed by atoms with Crippen LogP contribution in [-0.4, -0.2) is 18.4 Å². The molecule has 0 aliphatic carbocycles. The molecule has 5 nitrogen and oxygen atoms in total.